The molecule has 0 unspecified atom stereocenters. The molecule has 3 N–H and O–H groups in total. The van der Waals surface area contributed by atoms with Gasteiger partial charge < -0.3 is 15.7 Å². The van der Waals surface area contributed by atoms with Gasteiger partial charge in [-0.25, -0.2) is 0 Å². The van der Waals surface area contributed by atoms with Gasteiger partial charge in [0.05, 0.1) is 12.6 Å². The molecular formula is C8H18N2O2. The summed E-state index contributed by atoms with van der Waals surface area (Å²) in [6, 6.07) is 0. The Labute approximate surface area is 73.3 Å². The van der Waals surface area contributed by atoms with Crippen LogP contribution >= 0.6 is 0 Å². The number of aliphatic hydroxyl groups excluding tert-OH is 1. The standard InChI is InChI=1S/C8H18N2O2/c1-3-4-10-8(12)6-9-5-7(2)11/h7,9,11H,3-6H2,1-2H3,(H,10,12)/t7-/m1/s1. The smallest absolute Gasteiger partial charge is 0.233 e. The minimum Gasteiger partial charge on any atom is -0.392 e. The maximum Gasteiger partial charge on any atom is 0.233 e. The van der Waals surface area contributed by atoms with Gasteiger partial charge in [-0.15, -0.1) is 0 Å². The summed E-state index contributed by atoms with van der Waals surface area (Å²) in [6.07, 6.45) is 0.547. The maximum absolute atomic E-state index is 10.9. The summed E-state index contributed by atoms with van der Waals surface area (Å²) in [5.41, 5.74) is 0. The van der Waals surface area contributed by atoms with Crippen molar-refractivity contribution in [3.8, 4) is 0 Å². The summed E-state index contributed by atoms with van der Waals surface area (Å²) in [5.74, 6) is -0.0162. The van der Waals surface area contributed by atoms with Crippen LogP contribution in [0, 0.1) is 0 Å². The predicted molar refractivity (Wildman–Crippen MR) is 47.9 cm³/mol. The van der Waals surface area contributed by atoms with Gasteiger partial charge in [-0.3, -0.25) is 4.79 Å². The van der Waals surface area contributed by atoms with Gasteiger partial charge in [0, 0.05) is 13.1 Å². The average molecular weight is 174 g/mol. The number of carbonyl (C=O) groups is 1. The molecule has 4 heteroatoms. The fourth-order valence-corrected chi connectivity index (χ4v) is 0.722. The number of aliphatic hydroxyl groups is 1. The molecule has 0 aliphatic heterocycles. The highest BCUT2D eigenvalue weighted by molar-refractivity contribution is 5.77. The Bertz CT molecular complexity index is 126. The van der Waals surface area contributed by atoms with Crippen LogP contribution in [0.2, 0.25) is 0 Å². The van der Waals surface area contributed by atoms with Crippen molar-refractivity contribution in [3.63, 3.8) is 0 Å². The van der Waals surface area contributed by atoms with Crippen LogP contribution in [0.5, 0.6) is 0 Å². The predicted octanol–water partition coefficient (Wildman–Crippen LogP) is -0.517. The molecule has 0 aliphatic carbocycles. The molecule has 0 aromatic rings. The molecule has 0 bridgehead atoms. The first-order chi connectivity index (χ1) is 5.66. The van der Waals surface area contributed by atoms with E-state index in [1.54, 1.807) is 6.92 Å². The molecule has 0 rings (SSSR count). The Hall–Kier alpha value is -0.610. The Morgan fingerprint density at radius 2 is 2.25 bits per heavy atom. The van der Waals surface area contributed by atoms with E-state index in [4.69, 9.17) is 5.11 Å². The Kier molecular flexibility index (Phi) is 6.70. The maximum atomic E-state index is 10.9. The molecule has 0 saturated heterocycles. The first-order valence-corrected chi connectivity index (χ1v) is 4.32. The zero-order valence-electron chi connectivity index (χ0n) is 7.76. The Morgan fingerprint density at radius 1 is 1.58 bits per heavy atom. The second-order valence-corrected chi connectivity index (χ2v) is 2.83. The molecule has 0 aromatic carbocycles. The summed E-state index contributed by atoms with van der Waals surface area (Å²) < 4.78 is 0. The Balaban J connectivity index is 3.20. The fourth-order valence-electron chi connectivity index (χ4n) is 0.722. The van der Waals surface area contributed by atoms with Gasteiger partial charge in [0.25, 0.3) is 0 Å². The lowest BCUT2D eigenvalue weighted by atomic mass is 10.4. The van der Waals surface area contributed by atoms with E-state index in [2.05, 4.69) is 10.6 Å². The van der Waals surface area contributed by atoms with Crippen LogP contribution in [0.25, 0.3) is 0 Å². The second-order valence-electron chi connectivity index (χ2n) is 2.83. The van der Waals surface area contributed by atoms with E-state index in [0.717, 1.165) is 13.0 Å². The summed E-state index contributed by atoms with van der Waals surface area (Å²) in [7, 11) is 0. The largest absolute Gasteiger partial charge is 0.392 e. The molecule has 0 aromatic heterocycles. The summed E-state index contributed by atoms with van der Waals surface area (Å²) >= 11 is 0. The molecule has 72 valence electrons. The first-order valence-electron chi connectivity index (χ1n) is 4.32. The van der Waals surface area contributed by atoms with Gasteiger partial charge in [0.2, 0.25) is 5.91 Å². The van der Waals surface area contributed by atoms with Gasteiger partial charge in [-0.2, -0.15) is 0 Å². The highest BCUT2D eigenvalue weighted by atomic mass is 16.3. The van der Waals surface area contributed by atoms with Crippen molar-refractivity contribution >= 4 is 5.91 Å². The summed E-state index contributed by atoms with van der Waals surface area (Å²) in [5, 5.41) is 14.4. The third-order valence-electron chi connectivity index (χ3n) is 1.30. The van der Waals surface area contributed by atoms with Crippen molar-refractivity contribution in [3.05, 3.63) is 0 Å². The van der Waals surface area contributed by atoms with Gasteiger partial charge in [0.1, 0.15) is 0 Å². The lowest BCUT2D eigenvalue weighted by Gasteiger charge is -2.06. The van der Waals surface area contributed by atoms with E-state index in [-0.39, 0.29) is 12.5 Å². The highest BCUT2D eigenvalue weighted by Crippen LogP contribution is 1.74. The second kappa shape index (κ2) is 7.06. The minimum atomic E-state index is -0.399. The third-order valence-corrected chi connectivity index (χ3v) is 1.30. The van der Waals surface area contributed by atoms with Crippen molar-refractivity contribution in [1.29, 1.82) is 0 Å². The van der Waals surface area contributed by atoms with E-state index in [1.807, 2.05) is 6.92 Å². The summed E-state index contributed by atoms with van der Waals surface area (Å²) in [6.45, 7) is 5.14. The van der Waals surface area contributed by atoms with Crippen molar-refractivity contribution in [2.45, 2.75) is 26.4 Å². The van der Waals surface area contributed by atoms with Crippen LogP contribution in [0.15, 0.2) is 0 Å². The molecule has 0 radical (unpaired) electrons. The van der Waals surface area contributed by atoms with E-state index in [1.165, 1.54) is 0 Å². The molecule has 0 heterocycles. The van der Waals surface area contributed by atoms with Crippen LogP contribution in [0.1, 0.15) is 20.3 Å². The average Bonchev–Trinajstić information content (AvgIpc) is 2.00. The van der Waals surface area contributed by atoms with E-state index in [9.17, 15) is 4.79 Å². The SMILES string of the molecule is CCCNC(=O)CNC[C@@H](C)O. The topological polar surface area (TPSA) is 61.4 Å². The minimum absolute atomic E-state index is 0.0162. The summed E-state index contributed by atoms with van der Waals surface area (Å²) in [4.78, 5) is 10.9. The number of hydrogen-bond donors (Lipinski definition) is 3. The lowest BCUT2D eigenvalue weighted by Crippen LogP contribution is -2.36. The first kappa shape index (κ1) is 11.4. The number of hydrogen-bond acceptors (Lipinski definition) is 3. The molecule has 12 heavy (non-hydrogen) atoms. The van der Waals surface area contributed by atoms with Crippen molar-refractivity contribution in [2.75, 3.05) is 19.6 Å². The van der Waals surface area contributed by atoms with Gasteiger partial charge in [-0.05, 0) is 13.3 Å². The number of rotatable bonds is 6. The zero-order valence-corrected chi connectivity index (χ0v) is 7.76. The Morgan fingerprint density at radius 3 is 2.75 bits per heavy atom. The molecule has 0 aliphatic rings. The molecular weight excluding hydrogens is 156 g/mol. The molecule has 1 atom stereocenters. The zero-order chi connectivity index (χ0) is 9.40. The van der Waals surface area contributed by atoms with E-state index in [0.29, 0.717) is 6.54 Å². The number of nitrogens with one attached hydrogen (secondary N) is 2. The quantitative estimate of drug-likeness (QED) is 0.508. The molecule has 0 fully saturated rings. The van der Waals surface area contributed by atoms with Crippen LogP contribution in [-0.2, 0) is 4.79 Å². The van der Waals surface area contributed by atoms with E-state index >= 15 is 0 Å². The molecule has 1 amide bonds. The van der Waals surface area contributed by atoms with Crippen LogP contribution < -0.4 is 10.6 Å². The van der Waals surface area contributed by atoms with E-state index < -0.39 is 6.10 Å². The monoisotopic (exact) mass is 174 g/mol. The van der Waals surface area contributed by atoms with Crippen molar-refractivity contribution < 1.29 is 9.90 Å². The number of amides is 1. The number of carbonyl (C=O) groups excluding carboxylic acids is 1. The van der Waals surface area contributed by atoms with Gasteiger partial charge >= 0.3 is 0 Å². The van der Waals surface area contributed by atoms with Gasteiger partial charge in [0.15, 0.2) is 0 Å². The molecule has 4 nitrogen and oxygen atoms in total. The van der Waals surface area contributed by atoms with Gasteiger partial charge in [-0.1, -0.05) is 6.92 Å². The van der Waals surface area contributed by atoms with Crippen molar-refractivity contribution in [2.24, 2.45) is 0 Å². The lowest BCUT2D eigenvalue weighted by molar-refractivity contribution is -0.120. The molecule has 0 saturated carbocycles. The van der Waals surface area contributed by atoms with Crippen LogP contribution in [-0.4, -0.2) is 36.8 Å². The fraction of sp³-hybridized carbons (Fsp3) is 0.875. The highest BCUT2D eigenvalue weighted by Gasteiger charge is 1.99. The third kappa shape index (κ3) is 7.50. The normalized spacial score (nSPS) is 12.6. The van der Waals surface area contributed by atoms with Crippen LogP contribution in [0.4, 0.5) is 0 Å². The van der Waals surface area contributed by atoms with Crippen LogP contribution in [0.3, 0.4) is 0 Å². The van der Waals surface area contributed by atoms with Crippen molar-refractivity contribution in [1.82, 2.24) is 10.6 Å². The molecule has 0 spiro atoms.